The van der Waals surface area contributed by atoms with Crippen molar-refractivity contribution in [2.24, 2.45) is 15.8 Å². The van der Waals surface area contributed by atoms with Gasteiger partial charge in [-0.2, -0.15) is 0 Å². The van der Waals surface area contributed by atoms with Gasteiger partial charge >= 0.3 is 18.0 Å². The number of nitrogens with one attached hydrogen (secondary N) is 1. The Morgan fingerprint density at radius 2 is 1.79 bits per heavy atom. The van der Waals surface area contributed by atoms with Crippen LogP contribution in [0.15, 0.2) is 4.99 Å². The van der Waals surface area contributed by atoms with Gasteiger partial charge in [0, 0.05) is 13.1 Å². The van der Waals surface area contributed by atoms with Crippen molar-refractivity contribution < 1.29 is 28.7 Å². The molecule has 28 heavy (non-hydrogen) atoms. The smallest absolute Gasteiger partial charge is 0.325 e. The molecule has 2 atom stereocenters. The van der Waals surface area contributed by atoms with Gasteiger partial charge in [-0.3, -0.25) is 9.59 Å². The second kappa shape index (κ2) is 10.2. The van der Waals surface area contributed by atoms with Gasteiger partial charge in [0.1, 0.15) is 6.54 Å². The van der Waals surface area contributed by atoms with Gasteiger partial charge in [-0.25, -0.2) is 14.6 Å². The highest BCUT2D eigenvalue weighted by Gasteiger charge is 2.41. The van der Waals surface area contributed by atoms with E-state index in [4.69, 9.17) is 0 Å². The molecular formula is C19H31N3O6. The van der Waals surface area contributed by atoms with E-state index in [0.29, 0.717) is 13.0 Å². The van der Waals surface area contributed by atoms with Crippen LogP contribution in [-0.2, 0) is 23.9 Å². The van der Waals surface area contributed by atoms with E-state index < -0.39 is 18.0 Å². The molecule has 1 aliphatic rings. The second-order valence-electron chi connectivity index (χ2n) is 8.42. The van der Waals surface area contributed by atoms with E-state index in [0.717, 1.165) is 12.8 Å². The predicted molar refractivity (Wildman–Crippen MR) is 101 cm³/mol. The van der Waals surface area contributed by atoms with Crippen LogP contribution in [0.3, 0.4) is 0 Å². The first kappa shape index (κ1) is 23.6. The third-order valence-electron chi connectivity index (χ3n) is 4.97. The summed E-state index contributed by atoms with van der Waals surface area (Å²) >= 11 is 0. The van der Waals surface area contributed by atoms with E-state index in [1.807, 2.05) is 6.92 Å². The molecule has 0 aromatic carbocycles. The minimum Gasteiger partial charge on any atom is -0.469 e. The molecule has 0 aromatic rings. The Morgan fingerprint density at radius 1 is 1.14 bits per heavy atom. The number of nitrogens with zero attached hydrogens (tertiary/aromatic N) is 2. The molecule has 1 rings (SSSR count). The minimum atomic E-state index is -0.578. The van der Waals surface area contributed by atoms with E-state index >= 15 is 0 Å². The molecule has 0 aliphatic heterocycles. The Morgan fingerprint density at radius 3 is 2.36 bits per heavy atom. The molecule has 0 spiro atoms. The lowest BCUT2D eigenvalue weighted by Crippen LogP contribution is -2.49. The standard InChI is InChI=1S/C19H31N3O6/c1-18(2)8-14(21-13-23)9-19(3,11-18)12-20-17(26)22(10-16(25)28-5)7-6-15(24)27-4/h14H,6-12H2,1-5H3,(H,20,26). The van der Waals surface area contributed by atoms with Crippen LogP contribution in [0.5, 0.6) is 0 Å². The lowest BCUT2D eigenvalue weighted by atomic mass is 9.63. The average molecular weight is 397 g/mol. The summed E-state index contributed by atoms with van der Waals surface area (Å²) in [7, 11) is 2.49. The van der Waals surface area contributed by atoms with Crippen LogP contribution < -0.4 is 5.32 Å². The Kier molecular flexibility index (Phi) is 8.63. The number of rotatable bonds is 8. The van der Waals surface area contributed by atoms with Gasteiger partial charge in [0.25, 0.3) is 0 Å². The van der Waals surface area contributed by atoms with Crippen LogP contribution in [0.1, 0.15) is 46.5 Å². The third kappa shape index (κ3) is 7.68. The van der Waals surface area contributed by atoms with Crippen molar-refractivity contribution in [1.82, 2.24) is 10.2 Å². The summed E-state index contributed by atoms with van der Waals surface area (Å²) in [6, 6.07) is -0.594. The van der Waals surface area contributed by atoms with Crippen molar-refractivity contribution in [3.8, 4) is 0 Å². The first-order valence-corrected chi connectivity index (χ1v) is 9.27. The van der Waals surface area contributed by atoms with E-state index in [1.165, 1.54) is 19.1 Å². The van der Waals surface area contributed by atoms with Crippen molar-refractivity contribution in [3.05, 3.63) is 0 Å². The van der Waals surface area contributed by atoms with Crippen molar-refractivity contribution in [2.75, 3.05) is 33.9 Å². The van der Waals surface area contributed by atoms with Crippen molar-refractivity contribution in [2.45, 2.75) is 52.5 Å². The van der Waals surface area contributed by atoms with Crippen LogP contribution in [0, 0.1) is 10.8 Å². The number of hydrogen-bond donors (Lipinski definition) is 1. The number of hydrogen-bond acceptors (Lipinski definition) is 7. The molecule has 1 N–H and O–H groups in total. The molecule has 1 saturated carbocycles. The van der Waals surface area contributed by atoms with Gasteiger partial charge < -0.3 is 19.7 Å². The SMILES string of the molecule is COC(=O)CCN(CC(=O)OC)C(=O)NCC1(C)CC(N=C=O)CC(C)(C)C1. The third-order valence-corrected chi connectivity index (χ3v) is 4.97. The van der Waals surface area contributed by atoms with E-state index in [9.17, 15) is 19.2 Å². The largest absolute Gasteiger partial charge is 0.469 e. The summed E-state index contributed by atoms with van der Waals surface area (Å²) in [4.78, 5) is 51.4. The maximum absolute atomic E-state index is 12.6. The van der Waals surface area contributed by atoms with Crippen LogP contribution in [-0.4, -0.2) is 68.8 Å². The number of carbonyl (C=O) groups excluding carboxylic acids is 4. The summed E-state index contributed by atoms with van der Waals surface area (Å²) in [5.74, 6) is -1.05. The van der Waals surface area contributed by atoms with Crippen LogP contribution in [0.25, 0.3) is 0 Å². The van der Waals surface area contributed by atoms with Crippen molar-refractivity contribution >= 4 is 24.0 Å². The number of urea groups is 1. The van der Waals surface area contributed by atoms with Gasteiger partial charge in [-0.15, -0.1) is 0 Å². The monoisotopic (exact) mass is 397 g/mol. The maximum atomic E-state index is 12.6. The first-order valence-electron chi connectivity index (χ1n) is 9.27. The maximum Gasteiger partial charge on any atom is 0.325 e. The fourth-order valence-electron chi connectivity index (χ4n) is 4.08. The summed E-state index contributed by atoms with van der Waals surface area (Å²) < 4.78 is 9.21. The highest BCUT2D eigenvalue weighted by Crippen LogP contribution is 2.46. The normalized spacial score (nSPS) is 23.1. The van der Waals surface area contributed by atoms with Gasteiger partial charge in [-0.05, 0) is 30.1 Å². The Labute approximate surface area is 165 Å². The van der Waals surface area contributed by atoms with Gasteiger partial charge in [0.2, 0.25) is 6.08 Å². The summed E-state index contributed by atoms with van der Waals surface area (Å²) in [6.45, 7) is 6.39. The van der Waals surface area contributed by atoms with Gasteiger partial charge in [0.05, 0.1) is 26.7 Å². The van der Waals surface area contributed by atoms with E-state index in [2.05, 4.69) is 33.6 Å². The van der Waals surface area contributed by atoms with Crippen LogP contribution in [0.4, 0.5) is 4.79 Å². The molecule has 9 heteroatoms. The molecule has 158 valence electrons. The highest BCUT2D eigenvalue weighted by atomic mass is 16.5. The summed E-state index contributed by atoms with van der Waals surface area (Å²) in [6.07, 6.45) is 3.92. The number of amides is 2. The molecule has 0 saturated heterocycles. The molecule has 0 bridgehead atoms. The Balaban J connectivity index is 2.78. The zero-order chi connectivity index (χ0) is 21.4. The van der Waals surface area contributed by atoms with Gasteiger partial charge in [0.15, 0.2) is 0 Å². The molecule has 0 aromatic heterocycles. The number of ether oxygens (including phenoxy) is 2. The highest BCUT2D eigenvalue weighted by molar-refractivity contribution is 5.81. The Bertz CT molecular complexity index is 629. The molecule has 0 heterocycles. The zero-order valence-electron chi connectivity index (χ0n) is 17.4. The lowest BCUT2D eigenvalue weighted by Gasteiger charge is -2.45. The number of aliphatic imine (C=N–C) groups is 1. The van der Waals surface area contributed by atoms with Gasteiger partial charge in [-0.1, -0.05) is 20.8 Å². The molecular weight excluding hydrogens is 366 g/mol. The summed E-state index contributed by atoms with van der Waals surface area (Å²) in [5, 5.41) is 2.85. The van der Waals surface area contributed by atoms with Crippen molar-refractivity contribution in [3.63, 3.8) is 0 Å². The van der Waals surface area contributed by atoms with E-state index in [1.54, 1.807) is 6.08 Å². The van der Waals surface area contributed by atoms with Crippen LogP contribution in [0.2, 0.25) is 0 Å². The molecule has 2 unspecified atom stereocenters. The van der Waals surface area contributed by atoms with Crippen LogP contribution >= 0.6 is 0 Å². The minimum absolute atomic E-state index is 0.0265. The zero-order valence-corrected chi connectivity index (χ0v) is 17.4. The topological polar surface area (TPSA) is 114 Å². The second-order valence-corrected chi connectivity index (χ2v) is 8.42. The molecule has 2 amide bonds. The molecule has 9 nitrogen and oxygen atoms in total. The Hall–Kier alpha value is -2.41. The number of isocyanates is 1. The number of methoxy groups -OCH3 is 2. The van der Waals surface area contributed by atoms with E-state index in [-0.39, 0.29) is 36.4 Å². The predicted octanol–water partition coefficient (Wildman–Crippen LogP) is 1.65. The fraction of sp³-hybridized carbons (Fsp3) is 0.789. The fourth-order valence-corrected chi connectivity index (χ4v) is 4.08. The average Bonchev–Trinajstić information content (AvgIpc) is 2.61. The molecule has 0 radical (unpaired) electrons. The molecule has 1 fully saturated rings. The number of esters is 2. The van der Waals surface area contributed by atoms with Crippen molar-refractivity contribution in [1.29, 1.82) is 0 Å². The first-order chi connectivity index (χ1) is 13.0. The lowest BCUT2D eigenvalue weighted by molar-refractivity contribution is -0.143. The summed E-state index contributed by atoms with van der Waals surface area (Å²) in [5.41, 5.74) is -0.291. The molecule has 1 aliphatic carbocycles. The number of carbonyl (C=O) groups is 3. The quantitative estimate of drug-likeness (QED) is 0.378.